The molecule has 0 aromatic rings. The SMILES string of the molecule is CC[C@@H](CCC(C)(C)C1CC[C@@]2(C)C(CCC2[C@H](C)CCC(=O)OC)C1[C@@H](CC)OC1CCCCO1)OC1CCCCO1. The van der Waals surface area contributed by atoms with Crippen LogP contribution >= 0.6 is 0 Å². The maximum absolute atomic E-state index is 12.0. The number of rotatable bonds is 15. The second kappa shape index (κ2) is 16.2. The van der Waals surface area contributed by atoms with Crippen LogP contribution in [-0.4, -0.2) is 51.1 Å². The van der Waals surface area contributed by atoms with Gasteiger partial charge in [0, 0.05) is 19.6 Å². The Labute approximate surface area is 264 Å². The van der Waals surface area contributed by atoms with Crippen molar-refractivity contribution >= 4 is 5.97 Å². The summed E-state index contributed by atoms with van der Waals surface area (Å²) in [4.78, 5) is 12.0. The summed E-state index contributed by atoms with van der Waals surface area (Å²) in [5.41, 5.74) is 0.472. The highest BCUT2D eigenvalue weighted by molar-refractivity contribution is 5.69. The number of carbonyl (C=O) groups excluding carboxylic acids is 1. The van der Waals surface area contributed by atoms with Crippen LogP contribution in [0, 0.1) is 40.4 Å². The lowest BCUT2D eigenvalue weighted by Gasteiger charge is -2.56. The molecular formula is C37H66O6. The van der Waals surface area contributed by atoms with E-state index in [2.05, 4.69) is 41.5 Å². The number of hydrogen-bond acceptors (Lipinski definition) is 6. The van der Waals surface area contributed by atoms with Crippen LogP contribution in [0.2, 0.25) is 0 Å². The number of methoxy groups -OCH3 is 1. The second-order valence-electron chi connectivity index (χ2n) is 15.5. The van der Waals surface area contributed by atoms with Crippen LogP contribution in [0.25, 0.3) is 0 Å². The lowest BCUT2D eigenvalue weighted by Crippen LogP contribution is -2.52. The van der Waals surface area contributed by atoms with Crippen LogP contribution in [0.3, 0.4) is 0 Å². The minimum Gasteiger partial charge on any atom is -0.469 e. The van der Waals surface area contributed by atoms with Gasteiger partial charge in [0.25, 0.3) is 0 Å². The quantitative estimate of drug-likeness (QED) is 0.173. The fourth-order valence-corrected chi connectivity index (χ4v) is 9.84. The molecule has 0 N–H and O–H groups in total. The molecular weight excluding hydrogens is 540 g/mol. The third-order valence-corrected chi connectivity index (χ3v) is 12.5. The lowest BCUT2D eigenvalue weighted by atomic mass is 9.50. The van der Waals surface area contributed by atoms with Crippen molar-refractivity contribution in [2.24, 2.45) is 40.4 Å². The molecule has 2 aliphatic carbocycles. The molecule has 250 valence electrons. The van der Waals surface area contributed by atoms with E-state index in [1.807, 2.05) is 0 Å². The monoisotopic (exact) mass is 606 g/mol. The molecule has 0 radical (unpaired) electrons. The van der Waals surface area contributed by atoms with Gasteiger partial charge in [-0.2, -0.15) is 0 Å². The fraction of sp³-hybridized carbons (Fsp3) is 0.973. The van der Waals surface area contributed by atoms with E-state index in [0.29, 0.717) is 36.0 Å². The van der Waals surface area contributed by atoms with Crippen LogP contribution in [0.15, 0.2) is 0 Å². The van der Waals surface area contributed by atoms with Gasteiger partial charge in [-0.3, -0.25) is 4.79 Å². The van der Waals surface area contributed by atoms with Crippen LogP contribution < -0.4 is 0 Å². The van der Waals surface area contributed by atoms with E-state index >= 15 is 0 Å². The zero-order valence-corrected chi connectivity index (χ0v) is 28.9. The van der Waals surface area contributed by atoms with Gasteiger partial charge in [0.05, 0.1) is 19.3 Å². The highest BCUT2D eigenvalue weighted by Gasteiger charge is 2.58. The Kier molecular flexibility index (Phi) is 13.3. The van der Waals surface area contributed by atoms with Gasteiger partial charge in [-0.15, -0.1) is 0 Å². The topological polar surface area (TPSA) is 63.2 Å². The largest absolute Gasteiger partial charge is 0.469 e. The molecule has 43 heavy (non-hydrogen) atoms. The Hall–Kier alpha value is -0.690. The average Bonchev–Trinajstić information content (AvgIpc) is 3.38. The van der Waals surface area contributed by atoms with Gasteiger partial charge in [-0.25, -0.2) is 0 Å². The van der Waals surface area contributed by atoms with Gasteiger partial charge in [0.2, 0.25) is 0 Å². The zero-order chi connectivity index (χ0) is 31.0. The molecule has 2 heterocycles. The summed E-state index contributed by atoms with van der Waals surface area (Å²) in [5.74, 6) is 2.85. The molecule has 4 fully saturated rings. The summed E-state index contributed by atoms with van der Waals surface area (Å²) in [7, 11) is 1.51. The van der Waals surface area contributed by atoms with Crippen LogP contribution in [0.1, 0.15) is 144 Å². The standard InChI is InChI=1S/C37H66O6/c1-8-27(42-33-14-10-12-24-40-33)20-22-36(4,5)29-21-23-37(6)28(26(3)16-19-32(38)39-7)17-18-30(37)35(29)31(9-2)43-34-15-11-13-25-41-34/h26-31,33-35H,8-25H2,1-7H3/t26-,27+,28?,29?,30?,31-,33?,34?,35?,37-/m1/s1. The van der Waals surface area contributed by atoms with Crippen LogP contribution in [0.4, 0.5) is 0 Å². The number of carbonyl (C=O) groups is 1. The molecule has 2 saturated heterocycles. The number of esters is 1. The minimum absolute atomic E-state index is 0.0186. The predicted molar refractivity (Wildman–Crippen MR) is 171 cm³/mol. The van der Waals surface area contributed by atoms with E-state index < -0.39 is 0 Å². The van der Waals surface area contributed by atoms with Gasteiger partial charge < -0.3 is 23.7 Å². The summed E-state index contributed by atoms with van der Waals surface area (Å²) in [6, 6.07) is 0. The Morgan fingerprint density at radius 3 is 2.16 bits per heavy atom. The van der Waals surface area contributed by atoms with Crippen molar-refractivity contribution in [3.8, 4) is 0 Å². The summed E-state index contributed by atoms with van der Waals surface area (Å²) in [6.07, 6.45) is 18.0. The summed E-state index contributed by atoms with van der Waals surface area (Å²) in [5, 5.41) is 0. The molecule has 6 unspecified atom stereocenters. The van der Waals surface area contributed by atoms with Gasteiger partial charge in [0.15, 0.2) is 12.6 Å². The van der Waals surface area contributed by atoms with E-state index in [-0.39, 0.29) is 41.6 Å². The third kappa shape index (κ3) is 8.77. The molecule has 0 spiro atoms. The first kappa shape index (κ1) is 35.2. The third-order valence-electron chi connectivity index (χ3n) is 12.5. The number of ether oxygens (including phenoxy) is 5. The normalized spacial score (nSPS) is 35.6. The van der Waals surface area contributed by atoms with Gasteiger partial charge in [0.1, 0.15) is 0 Å². The van der Waals surface area contributed by atoms with Gasteiger partial charge in [-0.05, 0) is 137 Å². The van der Waals surface area contributed by atoms with E-state index in [4.69, 9.17) is 23.7 Å². The minimum atomic E-state index is -0.0776. The molecule has 2 saturated carbocycles. The van der Waals surface area contributed by atoms with E-state index in [1.165, 1.54) is 45.6 Å². The van der Waals surface area contributed by atoms with Crippen molar-refractivity contribution in [2.45, 2.75) is 169 Å². The van der Waals surface area contributed by atoms with Crippen molar-refractivity contribution in [3.63, 3.8) is 0 Å². The van der Waals surface area contributed by atoms with Crippen LogP contribution in [0.5, 0.6) is 0 Å². The number of hydrogen-bond donors (Lipinski definition) is 0. The average molecular weight is 607 g/mol. The molecule has 6 nitrogen and oxygen atoms in total. The number of fused-ring (bicyclic) bond motifs is 1. The molecule has 10 atom stereocenters. The summed E-state index contributed by atoms with van der Waals surface area (Å²) < 4.78 is 30.6. The summed E-state index contributed by atoms with van der Waals surface area (Å²) >= 11 is 0. The Morgan fingerprint density at radius 1 is 0.907 bits per heavy atom. The van der Waals surface area contributed by atoms with Gasteiger partial charge >= 0.3 is 5.97 Å². The van der Waals surface area contributed by atoms with E-state index in [9.17, 15) is 4.79 Å². The zero-order valence-electron chi connectivity index (χ0n) is 28.9. The Morgan fingerprint density at radius 2 is 1.58 bits per heavy atom. The first-order valence-corrected chi connectivity index (χ1v) is 18.2. The molecule has 2 aliphatic heterocycles. The second-order valence-corrected chi connectivity index (χ2v) is 15.5. The molecule has 0 aromatic heterocycles. The summed E-state index contributed by atoms with van der Waals surface area (Å²) in [6.45, 7) is 16.3. The molecule has 4 rings (SSSR count). The highest BCUT2D eigenvalue weighted by Crippen LogP contribution is 2.64. The predicted octanol–water partition coefficient (Wildman–Crippen LogP) is 9.08. The molecule has 0 aromatic carbocycles. The fourth-order valence-electron chi connectivity index (χ4n) is 9.84. The molecule has 0 bridgehead atoms. The smallest absolute Gasteiger partial charge is 0.305 e. The highest BCUT2D eigenvalue weighted by atomic mass is 16.7. The van der Waals surface area contributed by atoms with E-state index in [1.54, 1.807) is 0 Å². The first-order valence-electron chi connectivity index (χ1n) is 18.2. The first-order chi connectivity index (χ1) is 20.6. The van der Waals surface area contributed by atoms with Crippen molar-refractivity contribution in [3.05, 3.63) is 0 Å². The van der Waals surface area contributed by atoms with Crippen molar-refractivity contribution in [2.75, 3.05) is 20.3 Å². The van der Waals surface area contributed by atoms with Crippen LogP contribution in [-0.2, 0) is 28.5 Å². The molecule has 4 aliphatic rings. The Balaban J connectivity index is 1.52. The van der Waals surface area contributed by atoms with Crippen molar-refractivity contribution < 1.29 is 28.5 Å². The maximum atomic E-state index is 12.0. The molecule has 6 heteroatoms. The lowest BCUT2D eigenvalue weighted by molar-refractivity contribution is -0.222. The van der Waals surface area contributed by atoms with Crippen molar-refractivity contribution in [1.82, 2.24) is 0 Å². The van der Waals surface area contributed by atoms with Gasteiger partial charge in [-0.1, -0.05) is 41.5 Å². The van der Waals surface area contributed by atoms with Crippen molar-refractivity contribution in [1.29, 1.82) is 0 Å². The molecule has 0 amide bonds. The maximum Gasteiger partial charge on any atom is 0.305 e. The Bertz CT molecular complexity index is 833. The van der Waals surface area contributed by atoms with E-state index in [0.717, 1.165) is 71.0 Å².